The molecular weight excluding hydrogens is 452 g/mol. The second kappa shape index (κ2) is 8.27. The zero-order valence-corrected chi connectivity index (χ0v) is 17.8. The first-order valence-corrected chi connectivity index (χ1v) is 10.1. The monoisotopic (exact) mass is 466 g/mol. The van der Waals surface area contributed by atoms with Crippen LogP contribution in [0.4, 0.5) is 0 Å². The molecule has 0 aliphatic heterocycles. The first kappa shape index (κ1) is 19.5. The number of benzene rings is 2. The van der Waals surface area contributed by atoms with Crippen molar-refractivity contribution in [1.29, 1.82) is 0 Å². The van der Waals surface area contributed by atoms with Crippen LogP contribution in [-0.2, 0) is 0 Å². The fraction of sp³-hybridized carbons (Fsp3) is 0.0417. The predicted octanol–water partition coefficient (Wildman–Crippen LogP) is 7.83. The van der Waals surface area contributed by atoms with Gasteiger partial charge in [-0.15, -0.1) is 0 Å². The van der Waals surface area contributed by atoms with Gasteiger partial charge < -0.3 is 8.83 Å². The minimum atomic E-state index is -0.240. The largest absolute Gasteiger partial charge is 0.457 e. The number of ketones is 1. The molecule has 0 bridgehead atoms. The van der Waals surface area contributed by atoms with Gasteiger partial charge in [-0.25, -0.2) is 0 Å². The van der Waals surface area contributed by atoms with Crippen molar-refractivity contribution in [3.05, 3.63) is 99.4 Å². The second-order valence-electron chi connectivity index (χ2n) is 6.53. The molecule has 5 heteroatoms. The molecule has 144 valence electrons. The van der Waals surface area contributed by atoms with Gasteiger partial charge in [0.05, 0.1) is 0 Å². The van der Waals surface area contributed by atoms with E-state index in [1.807, 2.05) is 61.5 Å². The minimum Gasteiger partial charge on any atom is -0.457 e. The summed E-state index contributed by atoms with van der Waals surface area (Å²) in [4.78, 5) is 12.4. The van der Waals surface area contributed by atoms with Crippen molar-refractivity contribution in [3.63, 3.8) is 0 Å². The van der Waals surface area contributed by atoms with Crippen LogP contribution < -0.4 is 0 Å². The number of hydrogen-bond acceptors (Lipinski definition) is 3. The Morgan fingerprint density at radius 1 is 0.897 bits per heavy atom. The minimum absolute atomic E-state index is 0.240. The number of carbonyl (C=O) groups is 1. The van der Waals surface area contributed by atoms with Crippen LogP contribution in [0.2, 0.25) is 5.02 Å². The van der Waals surface area contributed by atoms with Crippen molar-refractivity contribution in [3.8, 4) is 22.6 Å². The van der Waals surface area contributed by atoms with Gasteiger partial charge in [0.1, 0.15) is 17.3 Å². The molecule has 0 aliphatic rings. The number of halogens is 2. The number of hydrogen-bond donors (Lipinski definition) is 0. The maximum Gasteiger partial charge on any atom is 0.221 e. The van der Waals surface area contributed by atoms with Crippen LogP contribution in [0, 0.1) is 6.92 Å². The summed E-state index contributed by atoms with van der Waals surface area (Å²) in [7, 11) is 0. The Balaban J connectivity index is 1.48. The van der Waals surface area contributed by atoms with Gasteiger partial charge in [-0.1, -0.05) is 51.8 Å². The van der Waals surface area contributed by atoms with E-state index in [0.717, 1.165) is 26.9 Å². The zero-order chi connectivity index (χ0) is 20.4. The Kier molecular flexibility index (Phi) is 5.56. The smallest absolute Gasteiger partial charge is 0.221 e. The average molecular weight is 468 g/mol. The van der Waals surface area contributed by atoms with Crippen LogP contribution in [0.1, 0.15) is 21.9 Å². The lowest BCUT2D eigenvalue weighted by molar-refractivity contribution is 0.102. The number of furan rings is 2. The van der Waals surface area contributed by atoms with Crippen molar-refractivity contribution in [1.82, 2.24) is 0 Å². The van der Waals surface area contributed by atoms with Crippen LogP contribution in [0.25, 0.3) is 28.7 Å². The van der Waals surface area contributed by atoms with Crippen molar-refractivity contribution >= 4 is 39.4 Å². The van der Waals surface area contributed by atoms with Gasteiger partial charge >= 0.3 is 0 Å². The summed E-state index contributed by atoms with van der Waals surface area (Å²) in [5, 5.41) is 0.658. The zero-order valence-electron chi connectivity index (χ0n) is 15.5. The Morgan fingerprint density at radius 2 is 1.59 bits per heavy atom. The van der Waals surface area contributed by atoms with Crippen LogP contribution >= 0.6 is 27.5 Å². The summed E-state index contributed by atoms with van der Waals surface area (Å²) in [6.45, 7) is 1.94. The number of carbonyl (C=O) groups excluding carboxylic acids is 1. The topological polar surface area (TPSA) is 43.4 Å². The normalized spacial score (nSPS) is 11.3. The highest BCUT2D eigenvalue weighted by atomic mass is 79.9. The van der Waals surface area contributed by atoms with Gasteiger partial charge in [0.2, 0.25) is 5.78 Å². The van der Waals surface area contributed by atoms with Crippen molar-refractivity contribution in [2.45, 2.75) is 6.92 Å². The summed E-state index contributed by atoms with van der Waals surface area (Å²) < 4.78 is 12.5. The summed E-state index contributed by atoms with van der Waals surface area (Å²) in [5.74, 6) is 1.94. The highest BCUT2D eigenvalue weighted by Crippen LogP contribution is 2.28. The van der Waals surface area contributed by atoms with Crippen molar-refractivity contribution in [2.24, 2.45) is 0 Å². The molecule has 3 nitrogen and oxygen atoms in total. The predicted molar refractivity (Wildman–Crippen MR) is 119 cm³/mol. The molecule has 0 radical (unpaired) electrons. The van der Waals surface area contributed by atoms with Crippen LogP contribution in [0.15, 0.2) is 86.1 Å². The van der Waals surface area contributed by atoms with Gasteiger partial charge in [0.15, 0.2) is 5.76 Å². The average Bonchev–Trinajstić information content (AvgIpc) is 3.39. The molecule has 0 unspecified atom stereocenters. The lowest BCUT2D eigenvalue weighted by Gasteiger charge is -2.00. The fourth-order valence-electron chi connectivity index (χ4n) is 2.82. The van der Waals surface area contributed by atoms with E-state index < -0.39 is 0 Å². The Morgan fingerprint density at radius 3 is 2.34 bits per heavy atom. The maximum absolute atomic E-state index is 12.4. The molecule has 4 aromatic rings. The van der Waals surface area contributed by atoms with Crippen LogP contribution in [0.3, 0.4) is 0 Å². The molecule has 0 saturated heterocycles. The summed E-state index contributed by atoms with van der Waals surface area (Å²) in [6.07, 6.45) is 3.07. The molecule has 29 heavy (non-hydrogen) atoms. The molecule has 0 aliphatic carbocycles. The summed E-state index contributed by atoms with van der Waals surface area (Å²) in [6, 6.07) is 20.6. The lowest BCUT2D eigenvalue weighted by atomic mass is 10.1. The number of rotatable bonds is 5. The van der Waals surface area contributed by atoms with Gasteiger partial charge in [0.25, 0.3) is 0 Å². The molecule has 2 heterocycles. The highest BCUT2D eigenvalue weighted by molar-refractivity contribution is 9.10. The third kappa shape index (κ3) is 4.44. The first-order chi connectivity index (χ1) is 14.0. The first-order valence-electron chi connectivity index (χ1n) is 8.94. The Bertz CT molecular complexity index is 1200. The van der Waals surface area contributed by atoms with E-state index >= 15 is 0 Å². The Labute approximate surface area is 181 Å². The van der Waals surface area contributed by atoms with E-state index in [-0.39, 0.29) is 11.5 Å². The second-order valence-corrected chi connectivity index (χ2v) is 7.86. The molecular formula is C24H16BrClO3. The Hall–Kier alpha value is -2.82. The third-order valence-corrected chi connectivity index (χ3v) is 5.40. The van der Waals surface area contributed by atoms with Crippen LogP contribution in [-0.4, -0.2) is 5.78 Å². The molecule has 0 spiro atoms. The van der Waals surface area contributed by atoms with Crippen LogP contribution in [0.5, 0.6) is 0 Å². The molecule has 0 N–H and O–H groups in total. The number of aryl methyl sites for hydroxylation is 1. The maximum atomic E-state index is 12.4. The fourth-order valence-corrected chi connectivity index (χ4v) is 3.27. The SMILES string of the molecule is Cc1ccc(-c2ccc(C(=O)/C=C/c3ccc(-c4ccc(Br)cc4)o3)o2)cc1Cl. The van der Waals surface area contributed by atoms with Gasteiger partial charge in [-0.3, -0.25) is 4.79 Å². The van der Waals surface area contributed by atoms with E-state index in [1.54, 1.807) is 18.2 Å². The lowest BCUT2D eigenvalue weighted by Crippen LogP contribution is -1.90. The quantitative estimate of drug-likeness (QED) is 0.222. The molecule has 0 fully saturated rings. The molecule has 0 amide bonds. The highest BCUT2D eigenvalue weighted by Gasteiger charge is 2.11. The summed E-state index contributed by atoms with van der Waals surface area (Å²) >= 11 is 9.59. The standard InChI is InChI=1S/C24H16BrClO3/c1-15-2-3-17(14-20(15)26)23-12-13-24(29-23)21(27)10-8-19-9-11-22(28-19)16-4-6-18(25)7-5-16/h2-14H,1H3/b10-8+. The molecule has 4 rings (SSSR count). The van der Waals surface area contributed by atoms with E-state index in [9.17, 15) is 4.79 Å². The van der Waals surface area contributed by atoms with Gasteiger partial charge in [0, 0.05) is 20.6 Å². The number of allylic oxidation sites excluding steroid dienone is 1. The van der Waals surface area contributed by atoms with E-state index in [4.69, 9.17) is 20.4 Å². The molecule has 2 aromatic carbocycles. The van der Waals surface area contributed by atoms with E-state index in [2.05, 4.69) is 15.9 Å². The van der Waals surface area contributed by atoms with Gasteiger partial charge in [-0.2, -0.15) is 0 Å². The van der Waals surface area contributed by atoms with E-state index in [0.29, 0.717) is 16.5 Å². The van der Waals surface area contributed by atoms with Crippen molar-refractivity contribution in [2.75, 3.05) is 0 Å². The van der Waals surface area contributed by atoms with E-state index in [1.165, 1.54) is 6.08 Å². The molecule has 0 atom stereocenters. The van der Waals surface area contributed by atoms with Crippen molar-refractivity contribution < 1.29 is 13.6 Å². The summed E-state index contributed by atoms with van der Waals surface area (Å²) in [5.41, 5.74) is 2.78. The third-order valence-electron chi connectivity index (χ3n) is 4.46. The molecule has 2 aromatic heterocycles. The van der Waals surface area contributed by atoms with Gasteiger partial charge in [-0.05, 0) is 67.1 Å². The molecule has 0 saturated carbocycles.